The fourth-order valence-corrected chi connectivity index (χ4v) is 9.70. The van der Waals surface area contributed by atoms with Gasteiger partial charge in [-0.3, -0.25) is 13.8 Å². The molecule has 3 unspecified atom stereocenters. The molecule has 1 amide bonds. The first-order chi connectivity index (χ1) is 38.0. The van der Waals surface area contributed by atoms with E-state index in [-0.39, 0.29) is 19.1 Å². The minimum atomic E-state index is -4.36. The maximum Gasteiger partial charge on any atom is 0.472 e. The zero-order chi connectivity index (χ0) is 57.0. The lowest BCUT2D eigenvalue weighted by Gasteiger charge is -2.25. The second kappa shape index (κ2) is 58.8. The molecule has 0 saturated heterocycles. The third-order valence-corrected chi connectivity index (χ3v) is 14.9. The Kier molecular flexibility index (Phi) is 56.7. The summed E-state index contributed by atoms with van der Waals surface area (Å²) >= 11 is 0. The number of phosphoric ester groups is 1. The molecule has 0 aromatic carbocycles. The summed E-state index contributed by atoms with van der Waals surface area (Å²) in [6, 6.07) is -0.873. The van der Waals surface area contributed by atoms with Gasteiger partial charge in [-0.25, -0.2) is 4.57 Å². The van der Waals surface area contributed by atoms with E-state index >= 15 is 0 Å². The molecule has 9 heteroatoms. The first-order valence-corrected chi connectivity index (χ1v) is 33.8. The van der Waals surface area contributed by atoms with Crippen molar-refractivity contribution in [2.45, 2.75) is 283 Å². The highest BCUT2D eigenvalue weighted by atomic mass is 31.2. The molecule has 0 bridgehead atoms. The van der Waals surface area contributed by atoms with E-state index < -0.39 is 20.0 Å². The lowest BCUT2D eigenvalue weighted by molar-refractivity contribution is -0.870. The molecule has 0 rings (SSSR count). The van der Waals surface area contributed by atoms with Gasteiger partial charge in [0.1, 0.15) is 13.2 Å². The minimum Gasteiger partial charge on any atom is -0.387 e. The van der Waals surface area contributed by atoms with E-state index in [4.69, 9.17) is 9.05 Å². The van der Waals surface area contributed by atoms with E-state index in [1.165, 1.54) is 167 Å². The fraction of sp³-hybridized carbons (Fsp3) is 0.725. The van der Waals surface area contributed by atoms with Crippen molar-refractivity contribution in [1.82, 2.24) is 5.32 Å². The van der Waals surface area contributed by atoms with Crippen molar-refractivity contribution in [2.75, 3.05) is 40.9 Å². The van der Waals surface area contributed by atoms with Crippen molar-refractivity contribution in [1.29, 1.82) is 0 Å². The van der Waals surface area contributed by atoms with Crippen LogP contribution in [0.3, 0.4) is 0 Å². The molecule has 0 aliphatic rings. The van der Waals surface area contributed by atoms with Crippen molar-refractivity contribution in [2.24, 2.45) is 0 Å². The molecule has 0 spiro atoms. The number of hydrogen-bond acceptors (Lipinski definition) is 5. The molecule has 0 fully saturated rings. The van der Waals surface area contributed by atoms with Gasteiger partial charge in [-0.2, -0.15) is 0 Å². The third kappa shape index (κ3) is 60.8. The number of nitrogens with one attached hydrogen (secondary N) is 1. The summed E-state index contributed by atoms with van der Waals surface area (Å²) < 4.78 is 23.7. The second-order valence-corrected chi connectivity index (χ2v) is 24.2. The molecule has 3 atom stereocenters. The molecule has 3 N–H and O–H groups in total. The number of quaternary nitrogens is 1. The molecule has 0 aliphatic carbocycles. The number of allylic oxidation sites excluding steroid dienone is 17. The van der Waals surface area contributed by atoms with E-state index in [0.29, 0.717) is 17.4 Å². The Balaban J connectivity index is 3.96. The summed E-state index contributed by atoms with van der Waals surface area (Å²) in [4.78, 5) is 23.3. The number of carbonyl (C=O) groups excluding carboxylic acids is 1. The van der Waals surface area contributed by atoms with Crippen LogP contribution < -0.4 is 5.32 Å². The van der Waals surface area contributed by atoms with Gasteiger partial charge < -0.3 is 19.8 Å². The average Bonchev–Trinajstić information content (AvgIpc) is 3.41. The Morgan fingerprint density at radius 3 is 1.18 bits per heavy atom. The van der Waals surface area contributed by atoms with Crippen LogP contribution in [0.25, 0.3) is 0 Å². The van der Waals surface area contributed by atoms with E-state index in [0.717, 1.165) is 83.5 Å². The van der Waals surface area contributed by atoms with Crippen LogP contribution in [0.15, 0.2) is 109 Å². The largest absolute Gasteiger partial charge is 0.472 e. The monoisotopic (exact) mass is 1110 g/mol. The Bertz CT molecular complexity index is 1640. The number of amides is 1. The van der Waals surface area contributed by atoms with Crippen molar-refractivity contribution in [3.63, 3.8) is 0 Å². The van der Waals surface area contributed by atoms with Gasteiger partial charge in [-0.1, -0.05) is 277 Å². The van der Waals surface area contributed by atoms with Crippen LogP contribution in [0.4, 0.5) is 0 Å². The molecule has 450 valence electrons. The lowest BCUT2D eigenvalue weighted by Crippen LogP contribution is -2.45. The van der Waals surface area contributed by atoms with Crippen LogP contribution in [0.1, 0.15) is 271 Å². The lowest BCUT2D eigenvalue weighted by atomic mass is 10.0. The molecular formula is C69H124N2O6P+. The van der Waals surface area contributed by atoms with E-state index in [1.54, 1.807) is 6.08 Å². The first-order valence-electron chi connectivity index (χ1n) is 32.3. The van der Waals surface area contributed by atoms with Crippen LogP contribution in [0.5, 0.6) is 0 Å². The molecule has 0 aromatic rings. The molecule has 0 aliphatic heterocycles. The quantitative estimate of drug-likeness (QED) is 0.0243. The first kappa shape index (κ1) is 75.2. The number of aliphatic hydroxyl groups is 1. The number of hydrogen-bond donors (Lipinski definition) is 3. The Hall–Kier alpha value is -2.84. The van der Waals surface area contributed by atoms with Gasteiger partial charge in [-0.15, -0.1) is 0 Å². The van der Waals surface area contributed by atoms with Crippen LogP contribution in [-0.2, 0) is 18.4 Å². The van der Waals surface area contributed by atoms with Gasteiger partial charge in [0, 0.05) is 6.42 Å². The Morgan fingerprint density at radius 2 is 0.782 bits per heavy atom. The van der Waals surface area contributed by atoms with Crippen molar-refractivity contribution >= 4 is 13.7 Å². The van der Waals surface area contributed by atoms with Gasteiger partial charge >= 0.3 is 7.82 Å². The summed E-state index contributed by atoms with van der Waals surface area (Å²) in [6.45, 7) is 4.66. The minimum absolute atomic E-state index is 0.0513. The molecular weight excluding hydrogens is 984 g/mol. The third-order valence-electron chi connectivity index (χ3n) is 14.0. The highest BCUT2D eigenvalue weighted by molar-refractivity contribution is 7.47. The summed E-state index contributed by atoms with van der Waals surface area (Å²) in [6.07, 6.45) is 86.6. The maximum absolute atomic E-state index is 13.0. The van der Waals surface area contributed by atoms with Crippen molar-refractivity contribution in [3.8, 4) is 0 Å². The summed E-state index contributed by atoms with van der Waals surface area (Å²) in [5.74, 6) is -0.191. The Morgan fingerprint density at radius 1 is 0.449 bits per heavy atom. The number of nitrogens with zero attached hydrogens (tertiary/aromatic N) is 1. The second-order valence-electron chi connectivity index (χ2n) is 22.7. The predicted octanol–water partition coefficient (Wildman–Crippen LogP) is 20.3. The topological polar surface area (TPSA) is 105 Å². The number of likely N-dealkylation sites (N-methyl/N-ethyl adjacent to an activating group) is 1. The number of phosphoric acid groups is 1. The molecule has 78 heavy (non-hydrogen) atoms. The van der Waals surface area contributed by atoms with E-state index in [1.807, 2.05) is 27.2 Å². The summed E-state index contributed by atoms with van der Waals surface area (Å²) in [5.41, 5.74) is 0. The molecule has 0 saturated carbocycles. The number of aliphatic hydroxyl groups excluding tert-OH is 1. The smallest absolute Gasteiger partial charge is 0.387 e. The highest BCUT2D eigenvalue weighted by Crippen LogP contribution is 2.43. The SMILES string of the molecule is CC/C=C\C/C=C\C/C=C\C/C=C\C/C=C\C/C=C\CCCCCCCCCCCCCCCCCCCCCCCCC(=O)NC(COP(=O)(O)OCC[N+](C)(C)C)C(O)/C=C/CC/C=C/CC/C=C/CCCCCCC. The molecule has 8 nitrogen and oxygen atoms in total. The van der Waals surface area contributed by atoms with Crippen molar-refractivity contribution in [3.05, 3.63) is 109 Å². The predicted molar refractivity (Wildman–Crippen MR) is 341 cm³/mol. The van der Waals surface area contributed by atoms with E-state index in [2.05, 4.69) is 116 Å². The number of unbranched alkanes of at least 4 members (excludes halogenated alkanes) is 29. The van der Waals surface area contributed by atoms with Gasteiger partial charge in [-0.05, 0) is 96.3 Å². The highest BCUT2D eigenvalue weighted by Gasteiger charge is 2.27. The summed E-state index contributed by atoms with van der Waals surface area (Å²) in [5, 5.41) is 13.9. The summed E-state index contributed by atoms with van der Waals surface area (Å²) in [7, 11) is 1.54. The zero-order valence-electron chi connectivity index (χ0n) is 51.4. The Labute approximate surface area is 482 Å². The van der Waals surface area contributed by atoms with Crippen LogP contribution in [-0.4, -0.2) is 73.4 Å². The molecule has 0 aromatic heterocycles. The van der Waals surface area contributed by atoms with Crippen molar-refractivity contribution < 1.29 is 32.9 Å². The average molecular weight is 1110 g/mol. The van der Waals surface area contributed by atoms with Gasteiger partial charge in [0.05, 0.1) is 39.9 Å². The van der Waals surface area contributed by atoms with Gasteiger partial charge in [0.2, 0.25) is 5.91 Å². The van der Waals surface area contributed by atoms with Crippen LogP contribution >= 0.6 is 7.82 Å². The van der Waals surface area contributed by atoms with Gasteiger partial charge in [0.15, 0.2) is 0 Å². The normalized spacial score (nSPS) is 14.5. The van der Waals surface area contributed by atoms with E-state index in [9.17, 15) is 19.4 Å². The van der Waals surface area contributed by atoms with Gasteiger partial charge in [0.25, 0.3) is 0 Å². The zero-order valence-corrected chi connectivity index (χ0v) is 52.3. The standard InChI is InChI=1S/C69H123N2O6P/c1-6-8-10-12-14-16-18-20-22-23-24-25-26-27-28-29-30-31-32-33-34-35-36-37-38-39-40-41-42-43-44-45-46-47-49-51-53-55-57-59-61-63-69(73)70-67(66-77-78(74,75)76-65-64-71(3,4)5)68(72)62-60-58-56-54-52-50-48-21-19-17-15-13-11-9-7-2/h8,10,14,16,19-22,24-25,27-28,30-31,52,54,60,62,67-68,72H,6-7,9,11-13,15,17-18,23,26,29,32-51,53,55-59,61,63-66H2,1-5H3,(H-,70,73,74,75)/p+1/b10-8-,16-14-,21-19+,22-20-,25-24-,28-27-,31-30-,54-52+,62-60+. The molecule has 0 heterocycles. The maximum atomic E-state index is 13.0. The number of carbonyl (C=O) groups is 1. The van der Waals surface area contributed by atoms with Crippen LogP contribution in [0, 0.1) is 0 Å². The number of rotatable bonds is 58. The molecule has 0 radical (unpaired) electrons. The van der Waals surface area contributed by atoms with Crippen LogP contribution in [0.2, 0.25) is 0 Å². The fourth-order valence-electron chi connectivity index (χ4n) is 8.96.